The molecule has 0 spiro atoms. The fraction of sp³-hybridized carbons (Fsp3) is 0.474. The Morgan fingerprint density at radius 2 is 2.17 bits per heavy atom. The van der Waals surface area contributed by atoms with Crippen molar-refractivity contribution in [1.82, 2.24) is 10.3 Å². The first-order valence-electron chi connectivity index (χ1n) is 9.73. The maximum Gasteiger partial charge on any atom is 0.323 e. The molecule has 1 N–H and O–H groups in total. The molecule has 1 atom stereocenters. The van der Waals surface area contributed by atoms with E-state index >= 15 is 0 Å². The molecule has 0 radical (unpaired) electrons. The maximum atomic E-state index is 11.8. The van der Waals surface area contributed by atoms with Crippen LogP contribution in [0.5, 0.6) is 0 Å². The second-order valence-electron chi connectivity index (χ2n) is 7.22. The summed E-state index contributed by atoms with van der Waals surface area (Å²) in [6.07, 6.45) is 3.55. The number of aromatic nitrogens is 2. The number of hydrogen-bond donors (Lipinski definition) is 1. The molecule has 30 heavy (non-hydrogen) atoms. The van der Waals surface area contributed by atoms with Gasteiger partial charge in [-0.1, -0.05) is 0 Å². The number of benzene rings is 1. The van der Waals surface area contributed by atoms with Crippen LogP contribution < -0.4 is 9.80 Å². The summed E-state index contributed by atoms with van der Waals surface area (Å²) in [5.41, 5.74) is 1.11. The predicted octanol–water partition coefficient (Wildman–Crippen LogP) is 2.34. The van der Waals surface area contributed by atoms with E-state index in [0.29, 0.717) is 36.6 Å². The van der Waals surface area contributed by atoms with Crippen LogP contribution in [-0.4, -0.2) is 59.8 Å². The Labute approximate surface area is 171 Å². The molecule has 0 saturated carbocycles. The highest BCUT2D eigenvalue weighted by Crippen LogP contribution is 2.40. The van der Waals surface area contributed by atoms with Crippen LogP contribution in [0.25, 0.3) is 11.0 Å². The summed E-state index contributed by atoms with van der Waals surface area (Å²) in [5, 5.41) is 28.9. The number of aliphatic hydroxyl groups excluding tert-OH is 1. The molecule has 1 aliphatic heterocycles. The second kappa shape index (κ2) is 8.67. The Kier molecular flexibility index (Phi) is 5.81. The molecule has 1 aromatic carbocycles. The van der Waals surface area contributed by atoms with Crippen LogP contribution in [0.2, 0.25) is 0 Å². The van der Waals surface area contributed by atoms with Crippen LogP contribution in [0.3, 0.4) is 0 Å². The minimum absolute atomic E-state index is 0.0312. The van der Waals surface area contributed by atoms with Crippen molar-refractivity contribution < 1.29 is 23.8 Å². The Morgan fingerprint density at radius 1 is 1.33 bits per heavy atom. The first kappa shape index (κ1) is 20.1. The quantitative estimate of drug-likeness (QED) is 0.409. The van der Waals surface area contributed by atoms with Gasteiger partial charge in [-0.15, -0.1) is 0 Å². The van der Waals surface area contributed by atoms with Gasteiger partial charge in [0.25, 0.3) is 0 Å². The zero-order valence-electron chi connectivity index (χ0n) is 16.6. The molecule has 2 aromatic heterocycles. The van der Waals surface area contributed by atoms with Crippen molar-refractivity contribution in [3.05, 3.63) is 40.3 Å². The van der Waals surface area contributed by atoms with Crippen molar-refractivity contribution in [3.63, 3.8) is 0 Å². The number of furan rings is 1. The average Bonchev–Trinajstić information content (AvgIpc) is 3.48. The van der Waals surface area contributed by atoms with Crippen LogP contribution in [0.15, 0.2) is 33.5 Å². The van der Waals surface area contributed by atoms with Gasteiger partial charge in [0.05, 0.1) is 36.1 Å². The van der Waals surface area contributed by atoms with Crippen molar-refractivity contribution in [3.8, 4) is 0 Å². The number of aliphatic hydroxyl groups is 1. The number of hydrogen-bond acceptors (Lipinski definition) is 10. The van der Waals surface area contributed by atoms with E-state index in [1.807, 2.05) is 17.0 Å². The Morgan fingerprint density at radius 3 is 2.83 bits per heavy atom. The molecule has 0 amide bonds. The molecule has 0 aliphatic carbocycles. The molecule has 1 fully saturated rings. The van der Waals surface area contributed by atoms with E-state index in [1.165, 1.54) is 0 Å². The van der Waals surface area contributed by atoms with E-state index in [-0.39, 0.29) is 30.5 Å². The normalized spacial score (nSPS) is 16.3. The summed E-state index contributed by atoms with van der Waals surface area (Å²) in [6, 6.07) is 5.37. The van der Waals surface area contributed by atoms with Gasteiger partial charge in [-0.2, -0.15) is 0 Å². The van der Waals surface area contributed by atoms with E-state index < -0.39 is 4.92 Å². The van der Waals surface area contributed by atoms with Crippen LogP contribution in [0.1, 0.15) is 18.6 Å². The van der Waals surface area contributed by atoms with Gasteiger partial charge in [-0.05, 0) is 41.4 Å². The smallest absolute Gasteiger partial charge is 0.323 e. The lowest BCUT2D eigenvalue weighted by atomic mass is 10.1. The SMILES string of the molecule is CN(CCO)c1cc(N(Cc2ccco2)CC2CCCO2)c2nonc2c1[N+](=O)[O-]. The number of likely N-dealkylation sites (N-methyl/N-ethyl adjacent to an activating group) is 1. The van der Waals surface area contributed by atoms with Crippen LogP contribution in [-0.2, 0) is 11.3 Å². The number of nitro benzene ring substituents is 1. The molecule has 11 nitrogen and oxygen atoms in total. The molecule has 3 aromatic rings. The van der Waals surface area contributed by atoms with Gasteiger partial charge in [0.2, 0.25) is 5.52 Å². The Bertz CT molecular complexity index is 998. The van der Waals surface area contributed by atoms with E-state index in [9.17, 15) is 15.2 Å². The lowest BCUT2D eigenvalue weighted by Gasteiger charge is -2.28. The third-order valence-electron chi connectivity index (χ3n) is 5.22. The third-order valence-corrected chi connectivity index (χ3v) is 5.22. The highest BCUT2D eigenvalue weighted by atomic mass is 16.6. The number of anilines is 2. The monoisotopic (exact) mass is 417 g/mol. The molecular formula is C19H23N5O6. The fourth-order valence-electron chi connectivity index (χ4n) is 3.75. The average molecular weight is 417 g/mol. The van der Waals surface area contributed by atoms with Gasteiger partial charge >= 0.3 is 5.69 Å². The summed E-state index contributed by atoms with van der Waals surface area (Å²) < 4.78 is 16.2. The molecule has 160 valence electrons. The standard InChI is InChI=1S/C19H23N5O6/c1-22(6-7-25)16-10-15(17-18(21-30-20-17)19(16)24(26)27)23(11-13-4-2-8-28-13)12-14-5-3-9-29-14/h2,4,8,10,14,25H,3,5-7,9,11-12H2,1H3. The minimum atomic E-state index is -0.504. The van der Waals surface area contributed by atoms with Gasteiger partial charge < -0.3 is 24.1 Å². The highest BCUT2D eigenvalue weighted by molar-refractivity contribution is 6.00. The van der Waals surface area contributed by atoms with Crippen LogP contribution in [0.4, 0.5) is 17.1 Å². The summed E-state index contributed by atoms with van der Waals surface area (Å²) in [6.45, 7) is 1.77. The van der Waals surface area contributed by atoms with Gasteiger partial charge in [-0.3, -0.25) is 10.1 Å². The van der Waals surface area contributed by atoms with Gasteiger partial charge in [0.1, 0.15) is 11.4 Å². The van der Waals surface area contributed by atoms with E-state index in [4.69, 9.17) is 13.8 Å². The predicted molar refractivity (Wildman–Crippen MR) is 108 cm³/mol. The molecule has 3 heterocycles. The molecule has 1 saturated heterocycles. The first-order valence-corrected chi connectivity index (χ1v) is 9.73. The second-order valence-corrected chi connectivity index (χ2v) is 7.22. The van der Waals surface area contributed by atoms with E-state index in [2.05, 4.69) is 10.3 Å². The number of nitrogens with zero attached hydrogens (tertiary/aromatic N) is 5. The summed E-state index contributed by atoms with van der Waals surface area (Å²) in [4.78, 5) is 14.9. The molecule has 1 unspecified atom stereocenters. The molecular weight excluding hydrogens is 394 g/mol. The fourth-order valence-corrected chi connectivity index (χ4v) is 3.75. The summed E-state index contributed by atoms with van der Waals surface area (Å²) in [7, 11) is 1.68. The lowest BCUT2D eigenvalue weighted by molar-refractivity contribution is -0.382. The van der Waals surface area contributed by atoms with Crippen molar-refractivity contribution in [2.24, 2.45) is 0 Å². The first-order chi connectivity index (χ1) is 14.6. The van der Waals surface area contributed by atoms with E-state index in [1.54, 1.807) is 24.3 Å². The highest BCUT2D eigenvalue weighted by Gasteiger charge is 2.31. The topological polar surface area (TPSA) is 131 Å². The molecule has 4 rings (SSSR count). The molecule has 1 aliphatic rings. The van der Waals surface area contributed by atoms with Crippen molar-refractivity contribution >= 4 is 28.1 Å². The molecule has 0 bridgehead atoms. The zero-order valence-corrected chi connectivity index (χ0v) is 16.6. The minimum Gasteiger partial charge on any atom is -0.467 e. The third kappa shape index (κ3) is 3.94. The van der Waals surface area contributed by atoms with Crippen molar-refractivity contribution in [2.45, 2.75) is 25.5 Å². The number of fused-ring (bicyclic) bond motifs is 1. The lowest BCUT2D eigenvalue weighted by Crippen LogP contribution is -2.32. The zero-order chi connectivity index (χ0) is 21.1. The number of nitro groups is 1. The largest absolute Gasteiger partial charge is 0.467 e. The van der Waals surface area contributed by atoms with Gasteiger partial charge in [0, 0.05) is 26.7 Å². The van der Waals surface area contributed by atoms with Gasteiger partial charge in [-0.25, -0.2) is 4.63 Å². The van der Waals surface area contributed by atoms with Crippen molar-refractivity contribution in [2.75, 3.05) is 43.2 Å². The van der Waals surface area contributed by atoms with Gasteiger partial charge in [0.15, 0.2) is 5.52 Å². The van der Waals surface area contributed by atoms with Crippen LogP contribution >= 0.6 is 0 Å². The van der Waals surface area contributed by atoms with Crippen molar-refractivity contribution in [1.29, 1.82) is 0 Å². The van der Waals surface area contributed by atoms with E-state index in [0.717, 1.165) is 18.6 Å². The number of rotatable bonds is 9. The number of ether oxygens (including phenoxy) is 1. The summed E-state index contributed by atoms with van der Waals surface area (Å²) >= 11 is 0. The maximum absolute atomic E-state index is 11.8. The Balaban J connectivity index is 1.83. The summed E-state index contributed by atoms with van der Waals surface area (Å²) in [5.74, 6) is 0.737. The Hall–Kier alpha value is -3.18. The molecule has 11 heteroatoms. The van der Waals surface area contributed by atoms with Crippen LogP contribution in [0, 0.1) is 10.1 Å².